The predicted molar refractivity (Wildman–Crippen MR) is 141 cm³/mol. The Morgan fingerprint density at radius 1 is 1.21 bits per heavy atom. The van der Waals surface area contributed by atoms with E-state index in [0.717, 1.165) is 17.5 Å². The highest BCUT2D eigenvalue weighted by molar-refractivity contribution is 5.85. The van der Waals surface area contributed by atoms with E-state index >= 15 is 0 Å². The van der Waals surface area contributed by atoms with Crippen LogP contribution in [-0.4, -0.2) is 59.4 Å². The van der Waals surface area contributed by atoms with Crippen molar-refractivity contribution in [3.05, 3.63) is 65.1 Å². The highest BCUT2D eigenvalue weighted by Crippen LogP contribution is 2.40. The molecule has 4 rings (SSSR count). The van der Waals surface area contributed by atoms with Crippen molar-refractivity contribution >= 4 is 22.6 Å². The average Bonchev–Trinajstić information content (AvgIpc) is 2.94. The number of rotatable bonds is 11. The molecule has 5 N–H and O–H groups in total. The molecule has 1 aromatic heterocycles. The Kier molecular flexibility index (Phi) is 8.94. The third kappa shape index (κ3) is 6.26. The molecule has 1 atom stereocenters. The number of halogens is 3. The predicted octanol–water partition coefficient (Wildman–Crippen LogP) is 4.21. The molecule has 0 aliphatic carbocycles. The fraction of sp³-hybridized carbons (Fsp3) is 0.429. The van der Waals surface area contributed by atoms with E-state index in [-0.39, 0.29) is 25.1 Å². The molecular formula is C28H33F3N4O4. The first-order valence-corrected chi connectivity index (χ1v) is 12.9. The molecule has 0 bridgehead atoms. The third-order valence-corrected chi connectivity index (χ3v) is 7.66. The summed E-state index contributed by atoms with van der Waals surface area (Å²) in [5.41, 5.74) is 7.09. The number of pyridine rings is 1. The Balaban J connectivity index is 1.38. The Morgan fingerprint density at radius 3 is 2.51 bits per heavy atom. The number of hydrogen-bond donors (Lipinski definition) is 4. The van der Waals surface area contributed by atoms with Gasteiger partial charge in [0.1, 0.15) is 5.75 Å². The summed E-state index contributed by atoms with van der Waals surface area (Å²) >= 11 is 0. The summed E-state index contributed by atoms with van der Waals surface area (Å²) in [6.45, 7) is 2.07. The molecule has 11 heteroatoms. The van der Waals surface area contributed by atoms with Crippen molar-refractivity contribution in [2.24, 2.45) is 11.1 Å². The molecule has 8 nitrogen and oxygen atoms in total. The van der Waals surface area contributed by atoms with Crippen molar-refractivity contribution < 1.29 is 32.9 Å². The SMILES string of the molecule is COc1ccc2ncc(CN)c([C@H](O)CCC3(C(=O)O)CCN(CCNc4cc(F)c(F)c(F)c4)CC3)c2c1. The molecule has 2 aromatic carbocycles. The average molecular weight is 547 g/mol. The van der Waals surface area contributed by atoms with Gasteiger partial charge in [0.15, 0.2) is 17.5 Å². The molecule has 1 saturated heterocycles. The maximum absolute atomic E-state index is 13.4. The molecule has 0 saturated carbocycles. The van der Waals surface area contributed by atoms with Crippen LogP contribution in [0, 0.1) is 22.9 Å². The summed E-state index contributed by atoms with van der Waals surface area (Å²) in [7, 11) is 1.55. The normalized spacial score (nSPS) is 16.3. The quantitative estimate of drug-likeness (QED) is 0.264. The zero-order valence-electron chi connectivity index (χ0n) is 21.7. The number of piperidine rings is 1. The van der Waals surface area contributed by atoms with Gasteiger partial charge in [-0.2, -0.15) is 0 Å². The largest absolute Gasteiger partial charge is 0.497 e. The van der Waals surface area contributed by atoms with Crippen LogP contribution in [0.1, 0.15) is 42.9 Å². The molecule has 1 fully saturated rings. The number of aliphatic hydroxyl groups is 1. The number of ether oxygens (including phenoxy) is 1. The number of carboxylic acid groups (broad SMARTS) is 1. The van der Waals surface area contributed by atoms with Gasteiger partial charge in [-0.1, -0.05) is 0 Å². The Labute approximate surface area is 224 Å². The second-order valence-electron chi connectivity index (χ2n) is 9.95. The number of likely N-dealkylation sites (tertiary alicyclic amines) is 1. The van der Waals surface area contributed by atoms with Gasteiger partial charge in [0, 0.05) is 49.0 Å². The minimum absolute atomic E-state index is 0.135. The van der Waals surface area contributed by atoms with Crippen molar-refractivity contribution in [3.8, 4) is 5.75 Å². The summed E-state index contributed by atoms with van der Waals surface area (Å²) in [4.78, 5) is 18.9. The smallest absolute Gasteiger partial charge is 0.309 e. The van der Waals surface area contributed by atoms with E-state index in [0.29, 0.717) is 61.4 Å². The van der Waals surface area contributed by atoms with Crippen LogP contribution in [0.3, 0.4) is 0 Å². The molecular weight excluding hydrogens is 513 g/mol. The number of fused-ring (bicyclic) bond motifs is 1. The number of benzene rings is 2. The second kappa shape index (κ2) is 12.2. The molecule has 0 amide bonds. The van der Waals surface area contributed by atoms with Gasteiger partial charge in [-0.3, -0.25) is 9.78 Å². The van der Waals surface area contributed by atoms with Crippen LogP contribution in [0.2, 0.25) is 0 Å². The van der Waals surface area contributed by atoms with Gasteiger partial charge in [-0.05, 0) is 68.1 Å². The zero-order chi connectivity index (χ0) is 28.2. The first-order valence-electron chi connectivity index (χ1n) is 12.9. The molecule has 0 radical (unpaired) electrons. The number of hydrogen-bond acceptors (Lipinski definition) is 7. The summed E-state index contributed by atoms with van der Waals surface area (Å²) in [5.74, 6) is -4.32. The van der Waals surface area contributed by atoms with Crippen molar-refractivity contribution in [2.45, 2.75) is 38.3 Å². The van der Waals surface area contributed by atoms with Gasteiger partial charge in [-0.25, -0.2) is 13.2 Å². The highest BCUT2D eigenvalue weighted by atomic mass is 19.2. The highest BCUT2D eigenvalue weighted by Gasteiger charge is 2.41. The summed E-state index contributed by atoms with van der Waals surface area (Å²) < 4.78 is 45.3. The number of carboxylic acids is 1. The number of aliphatic hydroxyl groups excluding tert-OH is 1. The maximum atomic E-state index is 13.4. The fourth-order valence-corrected chi connectivity index (χ4v) is 5.27. The lowest BCUT2D eigenvalue weighted by molar-refractivity contribution is -0.153. The summed E-state index contributed by atoms with van der Waals surface area (Å²) in [5, 5.41) is 25.0. The first-order chi connectivity index (χ1) is 18.7. The fourth-order valence-electron chi connectivity index (χ4n) is 5.27. The Morgan fingerprint density at radius 2 is 1.90 bits per heavy atom. The van der Waals surface area contributed by atoms with Gasteiger partial charge >= 0.3 is 5.97 Å². The zero-order valence-corrected chi connectivity index (χ0v) is 21.7. The molecule has 1 aliphatic rings. The standard InChI is InChI=1S/C28H33F3N4O4/c1-39-19-2-3-23-20(14-19)25(17(15-32)16-34-23)24(36)4-5-28(27(37)38)6-9-35(10-7-28)11-8-33-18-12-21(29)26(31)22(30)13-18/h2-3,12-14,16,24,33,36H,4-11,15,32H2,1H3,(H,37,38)/t24-/m1/s1. The molecule has 0 unspecified atom stereocenters. The minimum atomic E-state index is -1.51. The lowest BCUT2D eigenvalue weighted by Crippen LogP contribution is -2.45. The molecule has 3 aromatic rings. The molecule has 2 heterocycles. The lowest BCUT2D eigenvalue weighted by Gasteiger charge is -2.39. The van der Waals surface area contributed by atoms with Crippen LogP contribution in [0.5, 0.6) is 5.75 Å². The number of anilines is 1. The summed E-state index contributed by atoms with van der Waals surface area (Å²) in [6.07, 6.45) is 2.01. The molecule has 39 heavy (non-hydrogen) atoms. The van der Waals surface area contributed by atoms with Gasteiger partial charge in [0.2, 0.25) is 0 Å². The second-order valence-corrected chi connectivity index (χ2v) is 9.95. The van der Waals surface area contributed by atoms with Crippen molar-refractivity contribution in [3.63, 3.8) is 0 Å². The molecule has 1 aliphatic heterocycles. The van der Waals surface area contributed by atoms with Crippen LogP contribution in [0.25, 0.3) is 10.9 Å². The van der Waals surface area contributed by atoms with Crippen LogP contribution < -0.4 is 15.8 Å². The summed E-state index contributed by atoms with van der Waals surface area (Å²) in [6, 6.07) is 7.18. The number of carbonyl (C=O) groups is 1. The number of methoxy groups -OCH3 is 1. The Bertz CT molecular complexity index is 1300. The first kappa shape index (κ1) is 28.6. The van der Waals surface area contributed by atoms with E-state index in [1.54, 1.807) is 31.5 Å². The van der Waals surface area contributed by atoms with Gasteiger partial charge in [0.05, 0.1) is 24.1 Å². The number of nitrogens with one attached hydrogen (secondary N) is 1. The number of nitrogens with zero attached hydrogens (tertiary/aromatic N) is 2. The van der Waals surface area contributed by atoms with E-state index in [9.17, 15) is 28.2 Å². The topological polar surface area (TPSA) is 121 Å². The van der Waals surface area contributed by atoms with E-state index in [4.69, 9.17) is 10.5 Å². The molecule has 0 spiro atoms. The van der Waals surface area contributed by atoms with Crippen LogP contribution in [0.4, 0.5) is 18.9 Å². The van der Waals surface area contributed by atoms with E-state index in [2.05, 4.69) is 15.2 Å². The van der Waals surface area contributed by atoms with Crippen molar-refractivity contribution in [1.82, 2.24) is 9.88 Å². The number of aliphatic carboxylic acids is 1. The van der Waals surface area contributed by atoms with Gasteiger partial charge < -0.3 is 30.9 Å². The maximum Gasteiger partial charge on any atom is 0.309 e. The minimum Gasteiger partial charge on any atom is -0.497 e. The van der Waals surface area contributed by atoms with Gasteiger partial charge in [-0.15, -0.1) is 0 Å². The van der Waals surface area contributed by atoms with Crippen LogP contribution >= 0.6 is 0 Å². The third-order valence-electron chi connectivity index (χ3n) is 7.66. The van der Waals surface area contributed by atoms with Crippen molar-refractivity contribution in [1.29, 1.82) is 0 Å². The van der Waals surface area contributed by atoms with Gasteiger partial charge in [0.25, 0.3) is 0 Å². The van der Waals surface area contributed by atoms with E-state index in [1.165, 1.54) is 0 Å². The Hall–Kier alpha value is -3.41. The number of aromatic nitrogens is 1. The monoisotopic (exact) mass is 546 g/mol. The molecule has 210 valence electrons. The van der Waals surface area contributed by atoms with Crippen LogP contribution in [0.15, 0.2) is 36.5 Å². The lowest BCUT2D eigenvalue weighted by atomic mass is 9.74. The van der Waals surface area contributed by atoms with E-state index in [1.807, 2.05) is 0 Å². The number of nitrogens with two attached hydrogens (primary N) is 1. The van der Waals surface area contributed by atoms with E-state index < -0.39 is 34.9 Å². The van der Waals surface area contributed by atoms with Crippen molar-refractivity contribution in [2.75, 3.05) is 38.6 Å². The van der Waals surface area contributed by atoms with Crippen LogP contribution in [-0.2, 0) is 11.3 Å².